The number of anilines is 1. The molecule has 2 aromatic rings. The van der Waals surface area contributed by atoms with Crippen LogP contribution in [0.15, 0.2) is 30.5 Å². The molecule has 5 heteroatoms. The molecule has 0 fully saturated rings. The van der Waals surface area contributed by atoms with Gasteiger partial charge in [-0.1, -0.05) is 36.8 Å². The van der Waals surface area contributed by atoms with Crippen molar-refractivity contribution in [3.05, 3.63) is 52.8 Å². The summed E-state index contributed by atoms with van der Waals surface area (Å²) in [4.78, 5) is 32.3. The van der Waals surface area contributed by atoms with E-state index in [9.17, 15) is 9.59 Å². The Morgan fingerprint density at radius 1 is 1.26 bits per heavy atom. The maximum atomic E-state index is 12.4. The minimum Gasteiger partial charge on any atom is -0.295 e. The molecule has 0 unspecified atom stereocenters. The normalized spacial score (nSPS) is 16.8. The van der Waals surface area contributed by atoms with Gasteiger partial charge < -0.3 is 0 Å². The van der Waals surface area contributed by atoms with Gasteiger partial charge in [-0.3, -0.25) is 14.9 Å². The van der Waals surface area contributed by atoms with Crippen LogP contribution in [0.2, 0.25) is 0 Å². The number of rotatable bonds is 3. The second kappa shape index (κ2) is 6.28. The third-order valence-electron chi connectivity index (χ3n) is 4.16. The van der Waals surface area contributed by atoms with Crippen molar-refractivity contribution in [3.63, 3.8) is 0 Å². The number of aromatic nitrogens is 2. The van der Waals surface area contributed by atoms with Crippen molar-refractivity contribution in [3.8, 4) is 0 Å². The summed E-state index contributed by atoms with van der Waals surface area (Å²) in [6.45, 7) is 3.81. The van der Waals surface area contributed by atoms with E-state index >= 15 is 0 Å². The zero-order valence-electron chi connectivity index (χ0n) is 13.3. The predicted octanol–water partition coefficient (Wildman–Crippen LogP) is 3.05. The first-order valence-corrected chi connectivity index (χ1v) is 7.82. The van der Waals surface area contributed by atoms with E-state index in [1.165, 1.54) is 11.8 Å². The number of Topliss-reactive ketones (excluding diaryl/α,β-unsaturated/α-hetero) is 1. The number of aryl methyl sites for hydroxylation is 1. The van der Waals surface area contributed by atoms with Gasteiger partial charge in [0.25, 0.3) is 0 Å². The van der Waals surface area contributed by atoms with E-state index in [0.29, 0.717) is 30.5 Å². The summed E-state index contributed by atoms with van der Waals surface area (Å²) in [5, 5.41) is 2.65. The molecule has 1 amide bonds. The van der Waals surface area contributed by atoms with E-state index in [1.807, 2.05) is 6.92 Å². The quantitative estimate of drug-likeness (QED) is 0.946. The molecule has 0 bridgehead atoms. The SMILES string of the molecule is CCC(=O)Nc1ncc2c(n1)C[C@H](c1ccc(C)cc1)CC2=O. The number of ketones is 1. The van der Waals surface area contributed by atoms with E-state index < -0.39 is 0 Å². The Balaban J connectivity index is 1.88. The fraction of sp³-hybridized carbons (Fsp3) is 0.333. The largest absolute Gasteiger partial charge is 0.295 e. The molecular formula is C18H19N3O2. The lowest BCUT2D eigenvalue weighted by atomic mass is 9.82. The van der Waals surface area contributed by atoms with Crippen molar-refractivity contribution in [2.45, 2.75) is 39.0 Å². The fourth-order valence-corrected chi connectivity index (χ4v) is 2.79. The van der Waals surface area contributed by atoms with Crippen LogP contribution in [0.4, 0.5) is 5.95 Å². The van der Waals surface area contributed by atoms with Gasteiger partial charge in [-0.15, -0.1) is 0 Å². The van der Waals surface area contributed by atoms with Gasteiger partial charge in [-0.25, -0.2) is 9.97 Å². The van der Waals surface area contributed by atoms with Crippen molar-refractivity contribution in [1.29, 1.82) is 0 Å². The van der Waals surface area contributed by atoms with Crippen molar-refractivity contribution in [2.24, 2.45) is 0 Å². The predicted molar refractivity (Wildman–Crippen MR) is 87.5 cm³/mol. The van der Waals surface area contributed by atoms with Crippen LogP contribution in [0.5, 0.6) is 0 Å². The van der Waals surface area contributed by atoms with Crippen molar-refractivity contribution < 1.29 is 9.59 Å². The lowest BCUT2D eigenvalue weighted by Crippen LogP contribution is -2.22. The number of benzene rings is 1. The highest BCUT2D eigenvalue weighted by molar-refractivity contribution is 5.98. The highest BCUT2D eigenvalue weighted by Gasteiger charge is 2.28. The van der Waals surface area contributed by atoms with Gasteiger partial charge in [0.2, 0.25) is 11.9 Å². The molecular weight excluding hydrogens is 290 g/mol. The van der Waals surface area contributed by atoms with Gasteiger partial charge in [-0.05, 0) is 24.8 Å². The summed E-state index contributed by atoms with van der Waals surface area (Å²) >= 11 is 0. The first-order valence-electron chi connectivity index (χ1n) is 7.82. The minimum atomic E-state index is -0.137. The summed E-state index contributed by atoms with van der Waals surface area (Å²) in [5.74, 6) is 0.320. The Labute approximate surface area is 135 Å². The molecule has 0 aliphatic heterocycles. The highest BCUT2D eigenvalue weighted by atomic mass is 16.1. The van der Waals surface area contributed by atoms with Crippen LogP contribution in [0.3, 0.4) is 0 Å². The van der Waals surface area contributed by atoms with Crippen LogP contribution in [-0.4, -0.2) is 21.7 Å². The van der Waals surface area contributed by atoms with Gasteiger partial charge in [0.05, 0.1) is 11.3 Å². The Hall–Kier alpha value is -2.56. The number of hydrogen-bond acceptors (Lipinski definition) is 4. The molecule has 3 rings (SSSR count). The van der Waals surface area contributed by atoms with Crippen LogP contribution >= 0.6 is 0 Å². The van der Waals surface area contributed by atoms with E-state index in [2.05, 4.69) is 39.6 Å². The molecule has 0 radical (unpaired) electrons. The van der Waals surface area contributed by atoms with Gasteiger partial charge in [0.1, 0.15) is 0 Å². The van der Waals surface area contributed by atoms with Gasteiger partial charge in [-0.2, -0.15) is 0 Å². The molecule has 1 atom stereocenters. The van der Waals surface area contributed by atoms with Crippen LogP contribution in [-0.2, 0) is 11.2 Å². The third kappa shape index (κ3) is 3.28. The first kappa shape index (κ1) is 15.3. The van der Waals surface area contributed by atoms with Gasteiger partial charge in [0, 0.05) is 19.0 Å². The molecule has 0 spiro atoms. The average molecular weight is 309 g/mol. The summed E-state index contributed by atoms with van der Waals surface area (Å²) in [6, 6.07) is 8.25. The fourth-order valence-electron chi connectivity index (χ4n) is 2.79. The van der Waals surface area contributed by atoms with Crippen molar-refractivity contribution >= 4 is 17.6 Å². The standard InChI is InChI=1S/C18H19N3O2/c1-3-17(23)21-18-19-10-14-15(20-18)8-13(9-16(14)22)12-6-4-11(2)5-7-12/h4-7,10,13H,3,8-9H2,1-2H3,(H,19,20,21,23)/t13-/m0/s1. The second-order valence-electron chi connectivity index (χ2n) is 5.89. The summed E-state index contributed by atoms with van der Waals surface area (Å²) in [7, 11) is 0. The maximum absolute atomic E-state index is 12.4. The summed E-state index contributed by atoms with van der Waals surface area (Å²) in [6.07, 6.45) is 3.05. The van der Waals surface area contributed by atoms with Crippen molar-refractivity contribution in [2.75, 3.05) is 5.32 Å². The van der Waals surface area contributed by atoms with Gasteiger partial charge >= 0.3 is 0 Å². The first-order chi connectivity index (χ1) is 11.1. The molecule has 1 aliphatic rings. The number of nitrogens with zero attached hydrogens (tertiary/aromatic N) is 2. The number of fused-ring (bicyclic) bond motifs is 1. The minimum absolute atomic E-state index is 0.0604. The lowest BCUT2D eigenvalue weighted by molar-refractivity contribution is -0.115. The number of carbonyl (C=O) groups is 2. The summed E-state index contributed by atoms with van der Waals surface area (Å²) in [5.41, 5.74) is 3.63. The van der Waals surface area contributed by atoms with Gasteiger partial charge in [0.15, 0.2) is 5.78 Å². The molecule has 1 aromatic heterocycles. The number of amides is 1. The third-order valence-corrected chi connectivity index (χ3v) is 4.16. The van der Waals surface area contributed by atoms with E-state index in [-0.39, 0.29) is 23.6 Å². The van der Waals surface area contributed by atoms with E-state index in [0.717, 1.165) is 5.56 Å². The Morgan fingerprint density at radius 2 is 2.00 bits per heavy atom. The zero-order valence-corrected chi connectivity index (χ0v) is 13.3. The molecule has 1 heterocycles. The van der Waals surface area contributed by atoms with Crippen LogP contribution < -0.4 is 5.32 Å². The Bertz CT molecular complexity index is 753. The maximum Gasteiger partial charge on any atom is 0.229 e. The molecule has 0 saturated heterocycles. The molecule has 5 nitrogen and oxygen atoms in total. The molecule has 0 saturated carbocycles. The highest BCUT2D eigenvalue weighted by Crippen LogP contribution is 2.32. The topological polar surface area (TPSA) is 72.0 Å². The Kier molecular flexibility index (Phi) is 4.19. The molecule has 1 aromatic carbocycles. The Morgan fingerprint density at radius 3 is 2.70 bits per heavy atom. The van der Waals surface area contributed by atoms with E-state index in [1.54, 1.807) is 6.92 Å². The second-order valence-corrected chi connectivity index (χ2v) is 5.89. The number of nitrogens with one attached hydrogen (secondary N) is 1. The van der Waals surface area contributed by atoms with Crippen LogP contribution in [0.1, 0.15) is 52.9 Å². The molecule has 1 aliphatic carbocycles. The number of hydrogen-bond donors (Lipinski definition) is 1. The lowest BCUT2D eigenvalue weighted by Gasteiger charge is -2.23. The van der Waals surface area contributed by atoms with Crippen molar-refractivity contribution in [1.82, 2.24) is 9.97 Å². The number of carbonyl (C=O) groups excluding carboxylic acids is 2. The summed E-state index contributed by atoms with van der Waals surface area (Å²) < 4.78 is 0. The zero-order chi connectivity index (χ0) is 16.4. The monoisotopic (exact) mass is 309 g/mol. The average Bonchev–Trinajstić information content (AvgIpc) is 2.55. The van der Waals surface area contributed by atoms with E-state index in [4.69, 9.17) is 0 Å². The van der Waals surface area contributed by atoms with Crippen LogP contribution in [0, 0.1) is 6.92 Å². The molecule has 23 heavy (non-hydrogen) atoms. The molecule has 118 valence electrons. The van der Waals surface area contributed by atoms with Crippen LogP contribution in [0.25, 0.3) is 0 Å². The molecule has 1 N–H and O–H groups in total. The smallest absolute Gasteiger partial charge is 0.229 e.